The Labute approximate surface area is 148 Å². The molecule has 0 bridgehead atoms. The maximum absolute atomic E-state index is 5.65. The standard InChI is InChI=1S/C20H34N2S/c1-3-5-7-12-16-22(17-13-8-6-4-2)20(23)21-18-19-14-10-9-11-15-19/h9-11,14-15H,3-8,12-13,16-18H2,1-2H3,(H,21,23). The Bertz CT molecular complexity index is 393. The van der Waals surface area contributed by atoms with Gasteiger partial charge >= 0.3 is 0 Å². The highest BCUT2D eigenvalue weighted by molar-refractivity contribution is 7.80. The molecule has 0 spiro atoms. The van der Waals surface area contributed by atoms with Crippen LogP contribution in [0.2, 0.25) is 0 Å². The van der Waals surface area contributed by atoms with E-state index in [9.17, 15) is 0 Å². The maximum atomic E-state index is 5.65. The van der Waals surface area contributed by atoms with Crippen LogP contribution in [0.4, 0.5) is 0 Å². The van der Waals surface area contributed by atoms with Crippen LogP contribution in [0.5, 0.6) is 0 Å². The van der Waals surface area contributed by atoms with Crippen LogP contribution < -0.4 is 5.32 Å². The number of nitrogens with one attached hydrogen (secondary N) is 1. The molecule has 23 heavy (non-hydrogen) atoms. The zero-order valence-corrected chi connectivity index (χ0v) is 15.8. The molecule has 0 aliphatic carbocycles. The summed E-state index contributed by atoms with van der Waals surface area (Å²) in [5.74, 6) is 0. The Morgan fingerprint density at radius 2 is 1.43 bits per heavy atom. The third-order valence-electron chi connectivity index (χ3n) is 4.14. The second-order valence-corrected chi connectivity index (χ2v) is 6.64. The van der Waals surface area contributed by atoms with Gasteiger partial charge in [-0.25, -0.2) is 0 Å². The molecule has 0 aliphatic heterocycles. The predicted molar refractivity (Wildman–Crippen MR) is 106 cm³/mol. The summed E-state index contributed by atoms with van der Waals surface area (Å²) >= 11 is 5.65. The first kappa shape index (κ1) is 20.0. The van der Waals surface area contributed by atoms with Crippen molar-refractivity contribution in [1.29, 1.82) is 0 Å². The van der Waals surface area contributed by atoms with Gasteiger partial charge in [0.2, 0.25) is 0 Å². The lowest BCUT2D eigenvalue weighted by atomic mass is 10.2. The molecular formula is C20H34N2S. The third kappa shape index (κ3) is 9.60. The molecule has 130 valence electrons. The zero-order chi connectivity index (χ0) is 16.8. The third-order valence-corrected chi connectivity index (χ3v) is 4.54. The number of hydrogen-bond donors (Lipinski definition) is 1. The van der Waals surface area contributed by atoms with Crippen molar-refractivity contribution in [2.75, 3.05) is 13.1 Å². The lowest BCUT2D eigenvalue weighted by Gasteiger charge is -2.26. The molecule has 1 aromatic carbocycles. The van der Waals surface area contributed by atoms with Gasteiger partial charge in [0.05, 0.1) is 0 Å². The van der Waals surface area contributed by atoms with E-state index in [0.717, 1.165) is 24.7 Å². The molecule has 1 rings (SSSR count). The number of thiocarbonyl (C=S) groups is 1. The quantitative estimate of drug-likeness (QED) is 0.400. The van der Waals surface area contributed by atoms with Crippen LogP contribution in [0, 0.1) is 0 Å². The molecule has 0 unspecified atom stereocenters. The second kappa shape index (κ2) is 13.4. The fourth-order valence-corrected chi connectivity index (χ4v) is 2.91. The Morgan fingerprint density at radius 3 is 1.96 bits per heavy atom. The molecule has 0 aromatic heterocycles. The van der Waals surface area contributed by atoms with Gasteiger partial charge in [0.1, 0.15) is 0 Å². The van der Waals surface area contributed by atoms with Crippen molar-refractivity contribution < 1.29 is 0 Å². The number of rotatable bonds is 12. The van der Waals surface area contributed by atoms with Crippen LogP contribution in [0.3, 0.4) is 0 Å². The highest BCUT2D eigenvalue weighted by Crippen LogP contribution is 2.06. The van der Waals surface area contributed by atoms with Crippen LogP contribution >= 0.6 is 12.2 Å². The molecule has 1 N–H and O–H groups in total. The zero-order valence-electron chi connectivity index (χ0n) is 15.0. The molecule has 0 atom stereocenters. The Hall–Kier alpha value is -1.09. The monoisotopic (exact) mass is 334 g/mol. The summed E-state index contributed by atoms with van der Waals surface area (Å²) in [4.78, 5) is 2.38. The van der Waals surface area contributed by atoms with Crippen LogP contribution in [-0.2, 0) is 6.54 Å². The van der Waals surface area contributed by atoms with Crippen molar-refractivity contribution in [3.63, 3.8) is 0 Å². The minimum atomic E-state index is 0.820. The molecule has 0 aliphatic rings. The topological polar surface area (TPSA) is 15.3 Å². The van der Waals surface area contributed by atoms with E-state index in [1.807, 2.05) is 0 Å². The van der Waals surface area contributed by atoms with Crippen LogP contribution in [-0.4, -0.2) is 23.1 Å². The van der Waals surface area contributed by atoms with E-state index in [4.69, 9.17) is 12.2 Å². The first-order chi connectivity index (χ1) is 11.3. The molecule has 0 radical (unpaired) electrons. The Balaban J connectivity index is 2.39. The number of benzene rings is 1. The van der Waals surface area contributed by atoms with Crippen LogP contribution in [0.15, 0.2) is 30.3 Å². The van der Waals surface area contributed by atoms with Crippen molar-refractivity contribution in [3.05, 3.63) is 35.9 Å². The first-order valence-electron chi connectivity index (χ1n) is 9.34. The van der Waals surface area contributed by atoms with Gasteiger partial charge in [0.15, 0.2) is 5.11 Å². The average molecular weight is 335 g/mol. The predicted octanol–water partition coefficient (Wildman–Crippen LogP) is 5.52. The van der Waals surface area contributed by atoms with Gasteiger partial charge in [-0.3, -0.25) is 0 Å². The van der Waals surface area contributed by atoms with Crippen molar-refractivity contribution in [2.45, 2.75) is 71.8 Å². The van der Waals surface area contributed by atoms with E-state index in [0.29, 0.717) is 0 Å². The second-order valence-electron chi connectivity index (χ2n) is 6.25. The van der Waals surface area contributed by atoms with Crippen molar-refractivity contribution >= 4 is 17.3 Å². The van der Waals surface area contributed by atoms with Gasteiger partial charge in [-0.05, 0) is 30.6 Å². The van der Waals surface area contributed by atoms with Crippen molar-refractivity contribution in [2.24, 2.45) is 0 Å². The summed E-state index contributed by atoms with van der Waals surface area (Å²) < 4.78 is 0. The van der Waals surface area contributed by atoms with E-state index >= 15 is 0 Å². The van der Waals surface area contributed by atoms with E-state index in [-0.39, 0.29) is 0 Å². The normalized spacial score (nSPS) is 10.5. The first-order valence-corrected chi connectivity index (χ1v) is 9.75. The van der Waals surface area contributed by atoms with Crippen molar-refractivity contribution in [1.82, 2.24) is 10.2 Å². The summed E-state index contributed by atoms with van der Waals surface area (Å²) in [6.45, 7) is 7.52. The van der Waals surface area contributed by atoms with Gasteiger partial charge in [-0.1, -0.05) is 82.7 Å². The minimum absolute atomic E-state index is 0.820. The Morgan fingerprint density at radius 1 is 0.870 bits per heavy atom. The summed E-state index contributed by atoms with van der Waals surface area (Å²) in [5.41, 5.74) is 1.28. The van der Waals surface area contributed by atoms with Gasteiger partial charge in [0.25, 0.3) is 0 Å². The molecular weight excluding hydrogens is 300 g/mol. The largest absolute Gasteiger partial charge is 0.358 e. The van der Waals surface area contributed by atoms with Gasteiger partial charge < -0.3 is 10.2 Å². The molecule has 0 amide bonds. The van der Waals surface area contributed by atoms with Crippen LogP contribution in [0.25, 0.3) is 0 Å². The molecule has 1 aromatic rings. The average Bonchev–Trinajstić information content (AvgIpc) is 2.59. The fraction of sp³-hybridized carbons (Fsp3) is 0.650. The SMILES string of the molecule is CCCCCCN(CCCCCC)C(=S)NCc1ccccc1. The highest BCUT2D eigenvalue weighted by Gasteiger charge is 2.08. The fourth-order valence-electron chi connectivity index (χ4n) is 2.66. The van der Waals surface area contributed by atoms with Crippen molar-refractivity contribution in [3.8, 4) is 0 Å². The Kier molecular flexibility index (Phi) is 11.6. The molecule has 0 fully saturated rings. The summed E-state index contributed by atoms with van der Waals surface area (Å²) in [6.07, 6.45) is 10.3. The van der Waals surface area contributed by atoms with E-state index in [1.54, 1.807) is 0 Å². The van der Waals surface area contributed by atoms with Gasteiger partial charge in [0, 0.05) is 19.6 Å². The van der Waals surface area contributed by atoms with E-state index < -0.39 is 0 Å². The molecule has 3 heteroatoms. The number of nitrogens with zero attached hydrogens (tertiary/aromatic N) is 1. The van der Waals surface area contributed by atoms with Gasteiger partial charge in [-0.2, -0.15) is 0 Å². The number of unbranched alkanes of at least 4 members (excludes halogenated alkanes) is 6. The minimum Gasteiger partial charge on any atom is -0.358 e. The number of hydrogen-bond acceptors (Lipinski definition) is 1. The molecule has 0 heterocycles. The maximum Gasteiger partial charge on any atom is 0.169 e. The van der Waals surface area contributed by atoms with E-state index in [2.05, 4.69) is 54.4 Å². The smallest absolute Gasteiger partial charge is 0.169 e. The summed E-state index contributed by atoms with van der Waals surface area (Å²) in [7, 11) is 0. The summed E-state index contributed by atoms with van der Waals surface area (Å²) in [5, 5.41) is 4.36. The lowest BCUT2D eigenvalue weighted by molar-refractivity contribution is 0.381. The van der Waals surface area contributed by atoms with Gasteiger partial charge in [-0.15, -0.1) is 0 Å². The highest BCUT2D eigenvalue weighted by atomic mass is 32.1. The molecule has 0 saturated carbocycles. The molecule has 0 saturated heterocycles. The summed E-state index contributed by atoms with van der Waals surface area (Å²) in [6, 6.07) is 10.5. The van der Waals surface area contributed by atoms with E-state index in [1.165, 1.54) is 56.9 Å². The lowest BCUT2D eigenvalue weighted by Crippen LogP contribution is -2.40. The van der Waals surface area contributed by atoms with Crippen LogP contribution in [0.1, 0.15) is 70.8 Å². The molecule has 2 nitrogen and oxygen atoms in total.